The Morgan fingerprint density at radius 1 is 1.17 bits per heavy atom. The first-order chi connectivity index (χ1) is 10.9. The van der Waals surface area contributed by atoms with E-state index in [9.17, 15) is 13.2 Å². The summed E-state index contributed by atoms with van der Waals surface area (Å²) in [4.78, 5) is 12.6. The van der Waals surface area contributed by atoms with Crippen molar-refractivity contribution >= 4 is 37.4 Å². The van der Waals surface area contributed by atoms with E-state index < -0.39 is 9.84 Å². The number of hydrogen-bond acceptors (Lipinski definition) is 4. The van der Waals surface area contributed by atoms with E-state index in [1.807, 2.05) is 0 Å². The van der Waals surface area contributed by atoms with Crippen molar-refractivity contribution in [3.05, 3.63) is 52.5 Å². The maximum Gasteiger partial charge on any atom is 0.256 e. The molecule has 0 aliphatic rings. The largest absolute Gasteiger partial charge is 0.497 e. The molecule has 1 N–H and O–H groups in total. The maximum absolute atomic E-state index is 12.3. The van der Waals surface area contributed by atoms with Gasteiger partial charge in [0.15, 0.2) is 9.84 Å². The second kappa shape index (κ2) is 7.14. The summed E-state index contributed by atoms with van der Waals surface area (Å²) < 4.78 is 29.3. The minimum absolute atomic E-state index is 0.0372. The van der Waals surface area contributed by atoms with E-state index in [0.29, 0.717) is 21.5 Å². The molecule has 0 spiro atoms. The number of sulfone groups is 1. The number of methoxy groups -OCH3 is 1. The Kier molecular flexibility index (Phi) is 5.43. The first kappa shape index (κ1) is 17.5. The Labute approximate surface area is 143 Å². The Hall–Kier alpha value is -1.86. The van der Waals surface area contributed by atoms with Crippen LogP contribution < -0.4 is 10.1 Å². The van der Waals surface area contributed by atoms with Crippen molar-refractivity contribution in [3.63, 3.8) is 0 Å². The van der Waals surface area contributed by atoms with Crippen molar-refractivity contribution in [1.82, 2.24) is 0 Å². The van der Waals surface area contributed by atoms with Crippen LogP contribution >= 0.6 is 15.9 Å². The molecule has 122 valence electrons. The fourth-order valence-corrected chi connectivity index (χ4v) is 3.23. The van der Waals surface area contributed by atoms with Crippen LogP contribution in [0, 0.1) is 0 Å². The van der Waals surface area contributed by atoms with Crippen molar-refractivity contribution in [2.75, 3.05) is 18.2 Å². The third-order valence-electron chi connectivity index (χ3n) is 3.27. The molecule has 0 heterocycles. The van der Waals surface area contributed by atoms with Gasteiger partial charge in [0.1, 0.15) is 5.75 Å². The van der Waals surface area contributed by atoms with Gasteiger partial charge in [-0.05, 0) is 58.4 Å². The average Bonchev–Trinajstić information content (AvgIpc) is 2.55. The van der Waals surface area contributed by atoms with Crippen LogP contribution in [0.1, 0.15) is 17.3 Å². The first-order valence-electron chi connectivity index (χ1n) is 6.85. The van der Waals surface area contributed by atoms with Crippen LogP contribution in [0.2, 0.25) is 0 Å². The van der Waals surface area contributed by atoms with E-state index in [0.717, 1.165) is 0 Å². The second-order valence-corrected chi connectivity index (χ2v) is 7.86. The molecule has 23 heavy (non-hydrogen) atoms. The molecule has 7 heteroatoms. The molecule has 2 aromatic rings. The van der Waals surface area contributed by atoms with Gasteiger partial charge < -0.3 is 10.1 Å². The SMILES string of the molecule is CCS(=O)(=O)c1ccc(NC(=O)c2cc(OC)ccc2Br)cc1. The number of nitrogens with one attached hydrogen (secondary N) is 1. The van der Waals surface area contributed by atoms with Gasteiger partial charge >= 0.3 is 0 Å². The highest BCUT2D eigenvalue weighted by Crippen LogP contribution is 2.24. The summed E-state index contributed by atoms with van der Waals surface area (Å²) in [5.41, 5.74) is 0.939. The lowest BCUT2D eigenvalue weighted by atomic mass is 10.2. The van der Waals surface area contributed by atoms with E-state index in [4.69, 9.17) is 4.74 Å². The Balaban J connectivity index is 2.21. The number of carbonyl (C=O) groups is 1. The fourth-order valence-electron chi connectivity index (χ4n) is 1.92. The van der Waals surface area contributed by atoms with Crippen molar-refractivity contribution in [2.45, 2.75) is 11.8 Å². The van der Waals surface area contributed by atoms with Gasteiger partial charge in [0.2, 0.25) is 0 Å². The molecule has 1 amide bonds. The molecule has 0 atom stereocenters. The summed E-state index contributed by atoms with van der Waals surface area (Å²) in [6.45, 7) is 1.59. The molecule has 0 saturated carbocycles. The van der Waals surface area contributed by atoms with Crippen molar-refractivity contribution in [3.8, 4) is 5.75 Å². The first-order valence-corrected chi connectivity index (χ1v) is 9.29. The van der Waals surface area contributed by atoms with Gasteiger partial charge in [0.25, 0.3) is 5.91 Å². The van der Waals surface area contributed by atoms with Gasteiger partial charge in [-0.2, -0.15) is 0 Å². The van der Waals surface area contributed by atoms with Gasteiger partial charge in [-0.1, -0.05) is 6.92 Å². The van der Waals surface area contributed by atoms with E-state index in [-0.39, 0.29) is 16.6 Å². The summed E-state index contributed by atoms with van der Waals surface area (Å²) >= 11 is 3.32. The molecule has 0 fully saturated rings. The van der Waals surface area contributed by atoms with Crippen molar-refractivity contribution in [1.29, 1.82) is 0 Å². The lowest BCUT2D eigenvalue weighted by Crippen LogP contribution is -2.13. The van der Waals surface area contributed by atoms with Crippen molar-refractivity contribution < 1.29 is 17.9 Å². The molecule has 2 aromatic carbocycles. The molecule has 0 radical (unpaired) electrons. The summed E-state index contributed by atoms with van der Waals surface area (Å²) in [6, 6.07) is 11.2. The Bertz CT molecular complexity index is 816. The highest BCUT2D eigenvalue weighted by atomic mass is 79.9. The van der Waals surface area contributed by atoms with Gasteiger partial charge in [-0.3, -0.25) is 4.79 Å². The molecule has 0 unspecified atom stereocenters. The molecule has 0 saturated heterocycles. The minimum Gasteiger partial charge on any atom is -0.497 e. The number of halogens is 1. The third kappa shape index (κ3) is 4.11. The molecule has 5 nitrogen and oxygen atoms in total. The second-order valence-electron chi connectivity index (χ2n) is 4.73. The van der Waals surface area contributed by atoms with Crippen LogP contribution in [0.4, 0.5) is 5.69 Å². The smallest absolute Gasteiger partial charge is 0.256 e. The van der Waals surface area contributed by atoms with Crippen LogP contribution in [-0.2, 0) is 9.84 Å². The van der Waals surface area contributed by atoms with Gasteiger partial charge in [-0.25, -0.2) is 8.42 Å². The van der Waals surface area contributed by atoms with E-state index in [2.05, 4.69) is 21.2 Å². The summed E-state index contributed by atoms with van der Waals surface area (Å²) in [6.07, 6.45) is 0. The lowest BCUT2D eigenvalue weighted by molar-refractivity contribution is 0.102. The summed E-state index contributed by atoms with van der Waals surface area (Å²) in [5, 5.41) is 2.73. The molecular formula is C16H16BrNO4S. The van der Waals surface area contributed by atoms with Gasteiger partial charge in [-0.15, -0.1) is 0 Å². The average molecular weight is 398 g/mol. The number of amides is 1. The normalized spacial score (nSPS) is 11.1. The molecule has 0 aromatic heterocycles. The Morgan fingerprint density at radius 3 is 2.39 bits per heavy atom. The van der Waals surface area contributed by atoms with Crippen LogP contribution in [0.15, 0.2) is 51.8 Å². The van der Waals surface area contributed by atoms with Crippen LogP contribution in [0.3, 0.4) is 0 Å². The van der Waals surface area contributed by atoms with Crippen molar-refractivity contribution in [2.24, 2.45) is 0 Å². The molecule has 0 aliphatic carbocycles. The standard InChI is InChI=1S/C16H16BrNO4S/c1-3-23(20,21)13-7-4-11(5-8-13)18-16(19)14-10-12(22-2)6-9-15(14)17/h4-10H,3H2,1-2H3,(H,18,19). The fraction of sp³-hybridized carbons (Fsp3) is 0.188. The maximum atomic E-state index is 12.3. The lowest BCUT2D eigenvalue weighted by Gasteiger charge is -2.09. The van der Waals surface area contributed by atoms with E-state index >= 15 is 0 Å². The highest BCUT2D eigenvalue weighted by molar-refractivity contribution is 9.10. The van der Waals surface area contributed by atoms with Crippen LogP contribution in [0.5, 0.6) is 5.75 Å². The van der Waals surface area contributed by atoms with Gasteiger partial charge in [0.05, 0.1) is 23.3 Å². The number of hydrogen-bond donors (Lipinski definition) is 1. The molecule has 0 bridgehead atoms. The monoisotopic (exact) mass is 397 g/mol. The number of anilines is 1. The molecule has 0 aliphatic heterocycles. The van der Waals surface area contributed by atoms with Crippen LogP contribution in [-0.4, -0.2) is 27.2 Å². The van der Waals surface area contributed by atoms with E-state index in [1.54, 1.807) is 37.3 Å². The quantitative estimate of drug-likeness (QED) is 0.837. The third-order valence-corrected chi connectivity index (χ3v) is 5.71. The summed E-state index contributed by atoms with van der Waals surface area (Å²) in [7, 11) is -1.72. The number of carbonyl (C=O) groups excluding carboxylic acids is 1. The Morgan fingerprint density at radius 2 is 1.83 bits per heavy atom. The summed E-state index contributed by atoms with van der Waals surface area (Å²) in [5.74, 6) is 0.291. The zero-order valence-corrected chi connectivity index (χ0v) is 15.1. The number of ether oxygens (including phenoxy) is 1. The predicted molar refractivity (Wildman–Crippen MR) is 92.8 cm³/mol. The molecular weight excluding hydrogens is 382 g/mol. The minimum atomic E-state index is -3.25. The van der Waals surface area contributed by atoms with Crippen LogP contribution in [0.25, 0.3) is 0 Å². The predicted octanol–water partition coefficient (Wildman–Crippen LogP) is 3.50. The van der Waals surface area contributed by atoms with Gasteiger partial charge in [0, 0.05) is 10.2 Å². The zero-order chi connectivity index (χ0) is 17.0. The topological polar surface area (TPSA) is 72.5 Å². The van der Waals surface area contributed by atoms with E-state index in [1.165, 1.54) is 19.2 Å². The number of rotatable bonds is 5. The number of benzene rings is 2. The zero-order valence-electron chi connectivity index (χ0n) is 12.7. The highest BCUT2D eigenvalue weighted by Gasteiger charge is 2.14. The molecule has 2 rings (SSSR count).